The minimum atomic E-state index is -0.956. The fourth-order valence-electron chi connectivity index (χ4n) is 0.605. The van der Waals surface area contributed by atoms with Gasteiger partial charge in [-0.1, -0.05) is 17.8 Å². The zero-order valence-electron chi connectivity index (χ0n) is 6.93. The van der Waals surface area contributed by atoms with Crippen LogP contribution in [-0.2, 0) is 4.79 Å². The topological polar surface area (TPSA) is 76.2 Å². The third kappa shape index (κ3) is 3.75. The Morgan fingerprint density at radius 1 is 1.69 bits per heavy atom. The Labute approximate surface area is 78.8 Å². The fraction of sp³-hybridized carbons (Fsp3) is 0.286. The van der Waals surface area contributed by atoms with Gasteiger partial charge in [-0.15, -0.1) is 10.2 Å². The van der Waals surface area contributed by atoms with Crippen molar-refractivity contribution in [3.05, 3.63) is 18.0 Å². The van der Waals surface area contributed by atoms with E-state index < -0.39 is 5.97 Å². The number of rotatable bonds is 4. The van der Waals surface area contributed by atoms with Gasteiger partial charge in [0.1, 0.15) is 0 Å². The summed E-state index contributed by atoms with van der Waals surface area (Å²) in [7, 11) is 0. The molecular weight excluding hydrogens is 192 g/mol. The number of hydrogen-bond acceptors (Lipinski definition) is 5. The molecule has 0 aliphatic rings. The van der Waals surface area contributed by atoms with Crippen molar-refractivity contribution < 1.29 is 14.3 Å². The zero-order chi connectivity index (χ0) is 9.68. The van der Waals surface area contributed by atoms with Gasteiger partial charge in [0, 0.05) is 18.8 Å². The monoisotopic (exact) mass is 200 g/mol. The third-order valence-corrected chi connectivity index (χ3v) is 1.84. The molecule has 0 radical (unpaired) electrons. The molecule has 0 bridgehead atoms. The van der Waals surface area contributed by atoms with Gasteiger partial charge in [-0.3, -0.25) is 0 Å². The van der Waals surface area contributed by atoms with Crippen molar-refractivity contribution in [3.8, 4) is 0 Å². The first kappa shape index (κ1) is 9.79. The van der Waals surface area contributed by atoms with Gasteiger partial charge < -0.3 is 9.52 Å². The van der Waals surface area contributed by atoms with E-state index in [0.29, 0.717) is 16.9 Å². The molecule has 70 valence electrons. The van der Waals surface area contributed by atoms with E-state index in [2.05, 4.69) is 10.2 Å². The summed E-state index contributed by atoms with van der Waals surface area (Å²) in [5, 5.41) is 16.1. The normalized spacial score (nSPS) is 10.8. The van der Waals surface area contributed by atoms with E-state index >= 15 is 0 Å². The molecule has 0 aliphatic carbocycles. The molecule has 5 nitrogen and oxygen atoms in total. The molecule has 1 aromatic rings. The summed E-state index contributed by atoms with van der Waals surface area (Å²) in [6.45, 7) is 1.70. The van der Waals surface area contributed by atoms with Crippen LogP contribution in [0.5, 0.6) is 0 Å². The molecule has 0 aromatic carbocycles. The Balaban J connectivity index is 2.31. The highest BCUT2D eigenvalue weighted by atomic mass is 32.2. The molecule has 1 aromatic heterocycles. The second-order valence-electron chi connectivity index (χ2n) is 2.14. The Hall–Kier alpha value is -1.30. The van der Waals surface area contributed by atoms with Gasteiger partial charge in [0.15, 0.2) is 0 Å². The number of thioether (sulfide) groups is 1. The van der Waals surface area contributed by atoms with Crippen LogP contribution in [0.2, 0.25) is 0 Å². The van der Waals surface area contributed by atoms with Crippen LogP contribution in [0.3, 0.4) is 0 Å². The molecule has 0 saturated carbocycles. The highest BCUT2D eigenvalue weighted by molar-refractivity contribution is 7.99. The van der Waals surface area contributed by atoms with Crippen molar-refractivity contribution >= 4 is 17.7 Å². The average molecular weight is 200 g/mol. The standard InChI is InChI=1S/C7H8N2O3S/c1-5-8-9-7(12-5)13-4-2-3-6(10)11/h2-3H,4H2,1H3,(H,10,11). The molecule has 6 heteroatoms. The van der Waals surface area contributed by atoms with Crippen LogP contribution >= 0.6 is 11.8 Å². The van der Waals surface area contributed by atoms with Gasteiger partial charge in [0.05, 0.1) is 0 Å². The minimum Gasteiger partial charge on any atom is -0.478 e. The van der Waals surface area contributed by atoms with Crippen LogP contribution in [0.4, 0.5) is 0 Å². The predicted molar refractivity (Wildman–Crippen MR) is 46.5 cm³/mol. The number of hydrogen-bond donors (Lipinski definition) is 1. The van der Waals surface area contributed by atoms with Crippen molar-refractivity contribution in [3.63, 3.8) is 0 Å². The largest absolute Gasteiger partial charge is 0.478 e. The molecular formula is C7H8N2O3S. The fourth-order valence-corrected chi connectivity index (χ4v) is 1.22. The van der Waals surface area contributed by atoms with Crippen LogP contribution in [0.1, 0.15) is 5.89 Å². The summed E-state index contributed by atoms with van der Waals surface area (Å²) in [6.07, 6.45) is 2.60. The van der Waals surface area contributed by atoms with Crippen LogP contribution in [0.15, 0.2) is 21.8 Å². The van der Waals surface area contributed by atoms with Crippen LogP contribution in [0.25, 0.3) is 0 Å². The number of carboxylic acids is 1. The summed E-state index contributed by atoms with van der Waals surface area (Å²) in [6, 6.07) is 0. The number of aliphatic carboxylic acids is 1. The van der Waals surface area contributed by atoms with Crippen molar-refractivity contribution in [1.82, 2.24) is 10.2 Å². The molecule has 1 rings (SSSR count). The van der Waals surface area contributed by atoms with E-state index in [1.165, 1.54) is 17.8 Å². The van der Waals surface area contributed by atoms with Gasteiger partial charge in [0.2, 0.25) is 5.89 Å². The van der Waals surface area contributed by atoms with Gasteiger partial charge in [-0.25, -0.2) is 4.79 Å². The Bertz CT molecular complexity index is 321. The molecule has 0 saturated heterocycles. The molecule has 1 N–H and O–H groups in total. The van der Waals surface area contributed by atoms with E-state index in [1.54, 1.807) is 6.92 Å². The van der Waals surface area contributed by atoms with E-state index in [-0.39, 0.29) is 0 Å². The second-order valence-corrected chi connectivity index (χ2v) is 3.11. The first-order valence-electron chi connectivity index (χ1n) is 3.51. The molecule has 0 amide bonds. The first-order valence-corrected chi connectivity index (χ1v) is 4.49. The number of nitrogens with zero attached hydrogens (tertiary/aromatic N) is 2. The van der Waals surface area contributed by atoms with Gasteiger partial charge in [-0.05, 0) is 0 Å². The first-order chi connectivity index (χ1) is 6.18. The van der Waals surface area contributed by atoms with Crippen LogP contribution in [0, 0.1) is 6.92 Å². The second kappa shape index (κ2) is 4.66. The minimum absolute atomic E-state index is 0.451. The molecule has 0 aliphatic heterocycles. The van der Waals surface area contributed by atoms with Gasteiger partial charge in [0.25, 0.3) is 5.22 Å². The summed E-state index contributed by atoms with van der Waals surface area (Å²) < 4.78 is 5.05. The summed E-state index contributed by atoms with van der Waals surface area (Å²) in [5.41, 5.74) is 0. The molecule has 1 heterocycles. The third-order valence-electron chi connectivity index (χ3n) is 1.07. The smallest absolute Gasteiger partial charge is 0.328 e. The Kier molecular flexibility index (Phi) is 3.51. The lowest BCUT2D eigenvalue weighted by Crippen LogP contribution is -1.86. The van der Waals surface area contributed by atoms with E-state index in [0.717, 1.165) is 6.08 Å². The maximum Gasteiger partial charge on any atom is 0.328 e. The summed E-state index contributed by atoms with van der Waals surface area (Å²) >= 11 is 1.29. The lowest BCUT2D eigenvalue weighted by Gasteiger charge is -1.86. The molecule has 0 atom stereocenters. The van der Waals surface area contributed by atoms with E-state index in [4.69, 9.17) is 9.52 Å². The molecule has 0 unspecified atom stereocenters. The average Bonchev–Trinajstić information content (AvgIpc) is 2.45. The van der Waals surface area contributed by atoms with E-state index in [9.17, 15) is 4.79 Å². The molecule has 0 spiro atoms. The van der Waals surface area contributed by atoms with Gasteiger partial charge >= 0.3 is 5.97 Å². The maximum atomic E-state index is 10.1. The SMILES string of the molecule is Cc1nnc(SCC=CC(=O)O)o1. The van der Waals surface area contributed by atoms with E-state index in [1.807, 2.05) is 0 Å². The summed E-state index contributed by atoms with van der Waals surface area (Å²) in [5.74, 6) is 0.0560. The maximum absolute atomic E-state index is 10.1. The lowest BCUT2D eigenvalue weighted by molar-refractivity contribution is -0.131. The van der Waals surface area contributed by atoms with Crippen LogP contribution < -0.4 is 0 Å². The van der Waals surface area contributed by atoms with Crippen LogP contribution in [-0.4, -0.2) is 27.0 Å². The van der Waals surface area contributed by atoms with Crippen molar-refractivity contribution in [2.45, 2.75) is 12.1 Å². The zero-order valence-corrected chi connectivity index (χ0v) is 7.74. The number of aromatic nitrogens is 2. The molecule has 13 heavy (non-hydrogen) atoms. The lowest BCUT2D eigenvalue weighted by atomic mass is 10.5. The highest BCUT2D eigenvalue weighted by Crippen LogP contribution is 2.15. The Morgan fingerprint density at radius 2 is 2.46 bits per heavy atom. The highest BCUT2D eigenvalue weighted by Gasteiger charge is 2.00. The quantitative estimate of drug-likeness (QED) is 0.579. The predicted octanol–water partition coefficient (Wildman–Crippen LogP) is 1.11. The Morgan fingerprint density at radius 3 is 3.00 bits per heavy atom. The summed E-state index contributed by atoms with van der Waals surface area (Å²) in [4.78, 5) is 10.1. The number of carboxylic acid groups (broad SMARTS) is 1. The van der Waals surface area contributed by atoms with Crippen molar-refractivity contribution in [1.29, 1.82) is 0 Å². The number of aryl methyl sites for hydroxylation is 1. The number of carbonyl (C=O) groups is 1. The van der Waals surface area contributed by atoms with Gasteiger partial charge in [-0.2, -0.15) is 0 Å². The van der Waals surface area contributed by atoms with Crippen molar-refractivity contribution in [2.24, 2.45) is 0 Å². The van der Waals surface area contributed by atoms with Crippen molar-refractivity contribution in [2.75, 3.05) is 5.75 Å². The molecule has 0 fully saturated rings.